The number of carbonyl (C=O) groups excluding carboxylic acids is 1. The molecular weight excluding hydrogens is 166 g/mol. The number of hydrogen-bond acceptors (Lipinski definition) is 3. The number of nitrogens with zero attached hydrogens (tertiary/aromatic N) is 1. The predicted octanol–water partition coefficient (Wildman–Crippen LogP) is -0.728. The summed E-state index contributed by atoms with van der Waals surface area (Å²) in [5, 5.41) is 5.88. The van der Waals surface area contributed by atoms with Gasteiger partial charge in [0, 0.05) is 38.6 Å². The first kappa shape index (κ1) is 10.5. The van der Waals surface area contributed by atoms with E-state index in [0.29, 0.717) is 6.04 Å². The van der Waals surface area contributed by atoms with E-state index in [-0.39, 0.29) is 11.8 Å². The van der Waals surface area contributed by atoms with E-state index in [1.54, 1.807) is 7.05 Å². The topological polar surface area (TPSA) is 44.4 Å². The summed E-state index contributed by atoms with van der Waals surface area (Å²) in [4.78, 5) is 13.5. The second-order valence-electron chi connectivity index (χ2n) is 3.77. The first-order valence-corrected chi connectivity index (χ1v) is 4.77. The average Bonchev–Trinajstić information content (AvgIpc) is 1.99. The molecule has 13 heavy (non-hydrogen) atoms. The third-order valence-electron chi connectivity index (χ3n) is 2.64. The van der Waals surface area contributed by atoms with E-state index in [9.17, 15) is 4.79 Å². The Morgan fingerprint density at radius 2 is 2.31 bits per heavy atom. The molecule has 0 aromatic heterocycles. The Bertz CT molecular complexity index is 180. The summed E-state index contributed by atoms with van der Waals surface area (Å²) in [7, 11) is 3.76. The van der Waals surface area contributed by atoms with E-state index < -0.39 is 0 Å². The molecule has 1 saturated heterocycles. The molecule has 4 heteroatoms. The molecule has 1 aliphatic heterocycles. The van der Waals surface area contributed by atoms with E-state index in [1.807, 2.05) is 6.92 Å². The van der Waals surface area contributed by atoms with Crippen molar-refractivity contribution in [1.82, 2.24) is 15.5 Å². The molecule has 2 N–H and O–H groups in total. The Hall–Kier alpha value is -0.610. The molecule has 0 aromatic rings. The molecule has 1 fully saturated rings. The predicted molar refractivity (Wildman–Crippen MR) is 52.5 cm³/mol. The van der Waals surface area contributed by atoms with Crippen molar-refractivity contribution in [2.24, 2.45) is 5.92 Å². The number of hydrogen-bond donors (Lipinski definition) is 2. The maximum atomic E-state index is 11.2. The van der Waals surface area contributed by atoms with Crippen LogP contribution in [-0.2, 0) is 4.79 Å². The quantitative estimate of drug-likeness (QED) is 0.607. The van der Waals surface area contributed by atoms with Gasteiger partial charge in [0.25, 0.3) is 0 Å². The van der Waals surface area contributed by atoms with Crippen molar-refractivity contribution in [1.29, 1.82) is 0 Å². The zero-order chi connectivity index (χ0) is 9.84. The minimum Gasteiger partial charge on any atom is -0.359 e. The third kappa shape index (κ3) is 2.67. The lowest BCUT2D eigenvalue weighted by Crippen LogP contribution is -2.57. The molecule has 76 valence electrons. The van der Waals surface area contributed by atoms with Crippen LogP contribution in [0.1, 0.15) is 6.92 Å². The van der Waals surface area contributed by atoms with E-state index in [4.69, 9.17) is 0 Å². The Morgan fingerprint density at radius 3 is 2.69 bits per heavy atom. The summed E-state index contributed by atoms with van der Waals surface area (Å²) in [5.74, 6) is 0.203. The van der Waals surface area contributed by atoms with Gasteiger partial charge in [-0.1, -0.05) is 6.92 Å². The van der Waals surface area contributed by atoms with Gasteiger partial charge in [0.1, 0.15) is 0 Å². The largest absolute Gasteiger partial charge is 0.359 e. The minimum absolute atomic E-state index is 0.0793. The molecule has 1 atom stereocenters. The highest BCUT2D eigenvalue weighted by molar-refractivity contribution is 5.78. The van der Waals surface area contributed by atoms with Crippen LogP contribution in [0.5, 0.6) is 0 Å². The SMILES string of the molecule is CNC(=O)C(C)CN(C)C1CNC1. The molecule has 1 amide bonds. The number of rotatable bonds is 4. The first-order chi connectivity index (χ1) is 6.15. The van der Waals surface area contributed by atoms with Crippen LogP contribution in [0.2, 0.25) is 0 Å². The molecule has 0 bridgehead atoms. The van der Waals surface area contributed by atoms with Gasteiger partial charge >= 0.3 is 0 Å². The Morgan fingerprint density at radius 1 is 1.69 bits per heavy atom. The van der Waals surface area contributed by atoms with Crippen LogP contribution in [0.25, 0.3) is 0 Å². The standard InChI is InChI=1S/C9H19N3O/c1-7(9(13)10-2)6-12(3)8-4-11-5-8/h7-8,11H,4-6H2,1-3H3,(H,10,13). The van der Waals surface area contributed by atoms with E-state index in [2.05, 4.69) is 22.6 Å². The maximum Gasteiger partial charge on any atom is 0.223 e. The second-order valence-corrected chi connectivity index (χ2v) is 3.77. The van der Waals surface area contributed by atoms with E-state index in [0.717, 1.165) is 19.6 Å². The number of amides is 1. The fourth-order valence-corrected chi connectivity index (χ4v) is 1.50. The van der Waals surface area contributed by atoms with Gasteiger partial charge in [0.15, 0.2) is 0 Å². The first-order valence-electron chi connectivity index (χ1n) is 4.77. The molecule has 0 saturated carbocycles. The van der Waals surface area contributed by atoms with E-state index >= 15 is 0 Å². The molecule has 0 radical (unpaired) electrons. The lowest BCUT2D eigenvalue weighted by molar-refractivity contribution is -0.124. The summed E-state index contributed by atoms with van der Waals surface area (Å²) >= 11 is 0. The van der Waals surface area contributed by atoms with Crippen molar-refractivity contribution in [2.45, 2.75) is 13.0 Å². The maximum absolute atomic E-state index is 11.2. The highest BCUT2D eigenvalue weighted by atomic mass is 16.1. The van der Waals surface area contributed by atoms with Crippen molar-refractivity contribution in [3.8, 4) is 0 Å². The molecule has 4 nitrogen and oxygen atoms in total. The van der Waals surface area contributed by atoms with Gasteiger partial charge < -0.3 is 15.5 Å². The van der Waals surface area contributed by atoms with Crippen molar-refractivity contribution < 1.29 is 4.79 Å². The van der Waals surface area contributed by atoms with Crippen LogP contribution >= 0.6 is 0 Å². The van der Waals surface area contributed by atoms with Crippen molar-refractivity contribution in [2.75, 3.05) is 33.7 Å². The minimum atomic E-state index is 0.0793. The van der Waals surface area contributed by atoms with Crippen molar-refractivity contribution >= 4 is 5.91 Å². The molecule has 0 aromatic carbocycles. The molecule has 0 spiro atoms. The van der Waals surface area contributed by atoms with E-state index in [1.165, 1.54) is 0 Å². The smallest absolute Gasteiger partial charge is 0.223 e. The van der Waals surface area contributed by atoms with Crippen molar-refractivity contribution in [3.05, 3.63) is 0 Å². The lowest BCUT2D eigenvalue weighted by Gasteiger charge is -2.36. The van der Waals surface area contributed by atoms with Gasteiger partial charge in [-0.25, -0.2) is 0 Å². The monoisotopic (exact) mass is 185 g/mol. The molecular formula is C9H19N3O. The number of nitrogens with one attached hydrogen (secondary N) is 2. The fourth-order valence-electron chi connectivity index (χ4n) is 1.50. The zero-order valence-corrected chi connectivity index (χ0v) is 8.63. The molecule has 1 unspecified atom stereocenters. The third-order valence-corrected chi connectivity index (χ3v) is 2.64. The van der Waals surface area contributed by atoms with Crippen LogP contribution in [0.4, 0.5) is 0 Å². The van der Waals surface area contributed by atoms with Crippen LogP contribution in [0.15, 0.2) is 0 Å². The zero-order valence-electron chi connectivity index (χ0n) is 8.63. The fraction of sp³-hybridized carbons (Fsp3) is 0.889. The van der Waals surface area contributed by atoms with Crippen LogP contribution in [-0.4, -0.2) is 50.6 Å². The summed E-state index contributed by atoms with van der Waals surface area (Å²) < 4.78 is 0. The van der Waals surface area contributed by atoms with Gasteiger partial charge in [-0.15, -0.1) is 0 Å². The van der Waals surface area contributed by atoms with Gasteiger partial charge in [-0.3, -0.25) is 4.79 Å². The summed E-state index contributed by atoms with van der Waals surface area (Å²) in [6, 6.07) is 0.618. The normalized spacial score (nSPS) is 19.7. The summed E-state index contributed by atoms with van der Waals surface area (Å²) in [6.07, 6.45) is 0. The van der Waals surface area contributed by atoms with Gasteiger partial charge in [0.05, 0.1) is 0 Å². The van der Waals surface area contributed by atoms with Gasteiger partial charge in [0.2, 0.25) is 5.91 Å². The Labute approximate surface area is 79.7 Å². The molecule has 1 rings (SSSR count). The van der Waals surface area contributed by atoms with Crippen LogP contribution in [0.3, 0.4) is 0 Å². The average molecular weight is 185 g/mol. The Balaban J connectivity index is 2.25. The van der Waals surface area contributed by atoms with Crippen molar-refractivity contribution in [3.63, 3.8) is 0 Å². The summed E-state index contributed by atoms with van der Waals surface area (Å²) in [6.45, 7) is 4.90. The highest BCUT2D eigenvalue weighted by Crippen LogP contribution is 2.05. The number of likely N-dealkylation sites (N-methyl/N-ethyl adjacent to an activating group) is 1. The Kier molecular flexibility index (Phi) is 3.69. The van der Waals surface area contributed by atoms with Gasteiger partial charge in [-0.2, -0.15) is 0 Å². The molecule has 1 aliphatic rings. The van der Waals surface area contributed by atoms with Crippen LogP contribution < -0.4 is 10.6 Å². The molecule has 1 heterocycles. The summed E-state index contributed by atoms with van der Waals surface area (Å²) in [5.41, 5.74) is 0. The molecule has 0 aliphatic carbocycles. The highest BCUT2D eigenvalue weighted by Gasteiger charge is 2.24. The van der Waals surface area contributed by atoms with Crippen LogP contribution in [0, 0.1) is 5.92 Å². The lowest BCUT2D eigenvalue weighted by atomic mass is 10.1. The second kappa shape index (κ2) is 4.58. The van der Waals surface area contributed by atoms with Gasteiger partial charge in [-0.05, 0) is 7.05 Å². The number of carbonyl (C=O) groups is 1.